The Balaban J connectivity index is 2.19. The van der Waals surface area contributed by atoms with Gasteiger partial charge in [-0.2, -0.15) is 0 Å². The zero-order valence-electron chi connectivity index (χ0n) is 12.5. The van der Waals surface area contributed by atoms with E-state index in [1.165, 1.54) is 5.56 Å². The summed E-state index contributed by atoms with van der Waals surface area (Å²) in [6.45, 7) is 0.688. The van der Waals surface area contributed by atoms with Gasteiger partial charge in [-0.15, -0.1) is 0 Å². The minimum Gasteiger partial charge on any atom is -0.353 e. The molecule has 0 amide bonds. The second-order valence-electron chi connectivity index (χ2n) is 5.51. The fourth-order valence-electron chi connectivity index (χ4n) is 2.85. The topological polar surface area (TPSA) is 41.8 Å². The predicted molar refractivity (Wildman–Crippen MR) is 101 cm³/mol. The third kappa shape index (κ3) is 3.36. The van der Waals surface area contributed by atoms with Crippen LogP contribution in [0.25, 0.3) is 22.2 Å². The number of fused-ring (bicyclic) bond motifs is 1. The molecule has 0 spiro atoms. The molecule has 1 heterocycles. The van der Waals surface area contributed by atoms with Crippen molar-refractivity contribution in [2.45, 2.75) is 19.3 Å². The van der Waals surface area contributed by atoms with Gasteiger partial charge in [0, 0.05) is 16.1 Å². The molecule has 3 rings (SSSR count). The van der Waals surface area contributed by atoms with Crippen molar-refractivity contribution in [3.05, 3.63) is 57.0 Å². The van der Waals surface area contributed by atoms with Crippen LogP contribution in [0.5, 0.6) is 0 Å². The van der Waals surface area contributed by atoms with Crippen molar-refractivity contribution in [3.8, 4) is 11.3 Å². The molecule has 3 N–H and O–H groups in total. The molecule has 0 unspecified atom stereocenters. The summed E-state index contributed by atoms with van der Waals surface area (Å²) in [4.78, 5) is 3.45. The van der Waals surface area contributed by atoms with Gasteiger partial charge in [0.25, 0.3) is 0 Å². The van der Waals surface area contributed by atoms with Crippen molar-refractivity contribution in [1.82, 2.24) is 4.98 Å². The van der Waals surface area contributed by atoms with E-state index in [1.54, 1.807) is 0 Å². The van der Waals surface area contributed by atoms with E-state index < -0.39 is 0 Å². The maximum absolute atomic E-state index is 6.45. The summed E-state index contributed by atoms with van der Waals surface area (Å²) in [5, 5.41) is 3.10. The molecule has 0 radical (unpaired) electrons. The van der Waals surface area contributed by atoms with E-state index in [0.29, 0.717) is 21.6 Å². The minimum atomic E-state index is 0.671. The normalized spacial score (nSPS) is 11.3. The van der Waals surface area contributed by atoms with E-state index >= 15 is 0 Å². The van der Waals surface area contributed by atoms with Crippen molar-refractivity contribution in [2.24, 2.45) is 5.73 Å². The third-order valence-corrected chi connectivity index (χ3v) is 4.85. The Morgan fingerprint density at radius 2 is 1.57 bits per heavy atom. The number of rotatable bonds is 5. The number of nitrogens with two attached hydrogens (primary N) is 1. The summed E-state index contributed by atoms with van der Waals surface area (Å²) in [7, 11) is 0. The van der Waals surface area contributed by atoms with E-state index in [1.807, 2.05) is 36.4 Å². The molecule has 1 aromatic heterocycles. The molecule has 120 valence electrons. The summed E-state index contributed by atoms with van der Waals surface area (Å²) in [6.07, 6.45) is 2.88. The van der Waals surface area contributed by atoms with Gasteiger partial charge in [0.15, 0.2) is 0 Å². The van der Waals surface area contributed by atoms with Gasteiger partial charge in [-0.25, -0.2) is 0 Å². The highest BCUT2D eigenvalue weighted by molar-refractivity contribution is 6.40. The fraction of sp³-hybridized carbons (Fsp3) is 0.222. The lowest BCUT2D eigenvalue weighted by atomic mass is 10.0. The predicted octanol–water partition coefficient (Wildman–Crippen LogP) is 6.08. The number of unbranched alkanes of at least 4 members (excludes halogenated alkanes) is 1. The highest BCUT2D eigenvalue weighted by Crippen LogP contribution is 2.38. The van der Waals surface area contributed by atoms with Crippen molar-refractivity contribution >= 4 is 45.7 Å². The summed E-state index contributed by atoms with van der Waals surface area (Å²) in [5.41, 5.74) is 9.81. The van der Waals surface area contributed by atoms with Gasteiger partial charge in [-0.05, 0) is 61.2 Å². The molecule has 5 heteroatoms. The van der Waals surface area contributed by atoms with Crippen LogP contribution in [0, 0.1) is 0 Å². The largest absolute Gasteiger partial charge is 0.353 e. The molecule has 0 atom stereocenters. The number of aryl methyl sites for hydroxylation is 1. The lowest BCUT2D eigenvalue weighted by molar-refractivity contribution is 0.748. The van der Waals surface area contributed by atoms with Crippen LogP contribution in [0.1, 0.15) is 18.4 Å². The molecular formula is C18H17Cl3N2. The van der Waals surface area contributed by atoms with E-state index in [9.17, 15) is 0 Å². The van der Waals surface area contributed by atoms with Crippen LogP contribution in [0.3, 0.4) is 0 Å². The number of aromatic nitrogens is 1. The van der Waals surface area contributed by atoms with Gasteiger partial charge in [-0.1, -0.05) is 46.9 Å². The number of H-pyrrole nitrogens is 1. The molecule has 0 fully saturated rings. The second kappa shape index (κ2) is 7.14. The maximum atomic E-state index is 6.45. The van der Waals surface area contributed by atoms with Crippen LogP contribution < -0.4 is 5.73 Å². The molecule has 0 saturated heterocycles. The Morgan fingerprint density at radius 3 is 2.26 bits per heavy atom. The fourth-order valence-corrected chi connectivity index (χ4v) is 3.46. The summed E-state index contributed by atoms with van der Waals surface area (Å²) < 4.78 is 0. The number of hydrogen-bond acceptors (Lipinski definition) is 1. The molecule has 0 aliphatic rings. The monoisotopic (exact) mass is 366 g/mol. The van der Waals surface area contributed by atoms with E-state index in [-0.39, 0.29) is 0 Å². The van der Waals surface area contributed by atoms with Gasteiger partial charge >= 0.3 is 0 Å². The molecule has 3 aromatic rings. The molecule has 0 aliphatic heterocycles. The van der Waals surface area contributed by atoms with Crippen molar-refractivity contribution in [1.29, 1.82) is 0 Å². The average Bonchev–Trinajstić information content (AvgIpc) is 2.93. The van der Waals surface area contributed by atoms with Crippen LogP contribution in [0.4, 0.5) is 0 Å². The summed E-state index contributed by atoms with van der Waals surface area (Å²) in [6, 6.07) is 11.4. The highest BCUT2D eigenvalue weighted by atomic mass is 35.5. The lowest BCUT2D eigenvalue weighted by Gasteiger charge is -2.06. The Morgan fingerprint density at radius 1 is 0.870 bits per heavy atom. The Hall–Kier alpha value is -1.19. The van der Waals surface area contributed by atoms with Crippen molar-refractivity contribution in [2.75, 3.05) is 6.54 Å². The van der Waals surface area contributed by atoms with Crippen molar-refractivity contribution < 1.29 is 0 Å². The Labute approximate surface area is 150 Å². The van der Waals surface area contributed by atoms with Crippen molar-refractivity contribution in [3.63, 3.8) is 0 Å². The Bertz CT molecular complexity index is 822. The lowest BCUT2D eigenvalue weighted by Crippen LogP contribution is -1.99. The standard InChI is InChI=1S/C18H17Cl3N2/c19-12-6-4-11(5-7-12)17-13(3-1-2-10-22)16-14(20)8-9-15(21)18(16)23-17/h4-9,23H,1-3,10,22H2. The summed E-state index contributed by atoms with van der Waals surface area (Å²) in [5.74, 6) is 0. The molecule has 0 bridgehead atoms. The van der Waals surface area contributed by atoms with E-state index in [2.05, 4.69) is 4.98 Å². The van der Waals surface area contributed by atoms with E-state index in [4.69, 9.17) is 40.5 Å². The quantitative estimate of drug-likeness (QED) is 0.527. The average molecular weight is 368 g/mol. The number of benzene rings is 2. The number of nitrogens with one attached hydrogen (secondary N) is 1. The number of aromatic amines is 1. The smallest absolute Gasteiger partial charge is 0.0666 e. The van der Waals surface area contributed by atoms with E-state index in [0.717, 1.165) is 41.4 Å². The molecule has 23 heavy (non-hydrogen) atoms. The van der Waals surface area contributed by atoms with Gasteiger partial charge in [0.05, 0.1) is 15.6 Å². The summed E-state index contributed by atoms with van der Waals surface area (Å²) >= 11 is 18.8. The van der Waals surface area contributed by atoms with Crippen LogP contribution in [-0.2, 0) is 6.42 Å². The van der Waals surface area contributed by atoms with Gasteiger partial charge in [-0.3, -0.25) is 0 Å². The van der Waals surface area contributed by atoms with Crippen LogP contribution in [0.15, 0.2) is 36.4 Å². The first kappa shape index (κ1) is 16.7. The first-order valence-corrected chi connectivity index (χ1v) is 8.69. The van der Waals surface area contributed by atoms with Crippen LogP contribution in [0.2, 0.25) is 15.1 Å². The molecular weight excluding hydrogens is 351 g/mol. The SMILES string of the molecule is NCCCCc1c(-c2ccc(Cl)cc2)[nH]c2c(Cl)ccc(Cl)c12. The van der Waals surface area contributed by atoms with Gasteiger partial charge < -0.3 is 10.7 Å². The molecule has 0 aliphatic carbocycles. The van der Waals surface area contributed by atoms with Crippen LogP contribution in [-0.4, -0.2) is 11.5 Å². The first-order chi connectivity index (χ1) is 11.1. The zero-order valence-corrected chi connectivity index (χ0v) is 14.8. The van der Waals surface area contributed by atoms with Crippen LogP contribution >= 0.6 is 34.8 Å². The highest BCUT2D eigenvalue weighted by Gasteiger charge is 2.17. The molecule has 0 saturated carbocycles. The van der Waals surface area contributed by atoms with Gasteiger partial charge in [0.1, 0.15) is 0 Å². The number of hydrogen-bond donors (Lipinski definition) is 2. The second-order valence-corrected chi connectivity index (χ2v) is 6.76. The third-order valence-electron chi connectivity index (χ3n) is 3.97. The number of halogens is 3. The minimum absolute atomic E-state index is 0.671. The zero-order chi connectivity index (χ0) is 16.4. The maximum Gasteiger partial charge on any atom is 0.0666 e. The molecule has 2 aromatic carbocycles. The first-order valence-electron chi connectivity index (χ1n) is 7.56. The molecule has 2 nitrogen and oxygen atoms in total. The van der Waals surface area contributed by atoms with Gasteiger partial charge in [0.2, 0.25) is 0 Å². The Kier molecular flexibility index (Phi) is 5.17.